The van der Waals surface area contributed by atoms with Crippen LogP contribution in [0.4, 0.5) is 20.2 Å². The Morgan fingerprint density at radius 2 is 2.03 bits per heavy atom. The zero-order chi connectivity index (χ0) is 27.0. The molecule has 1 aliphatic heterocycles. The molecule has 38 heavy (non-hydrogen) atoms. The number of aromatic nitrogens is 1. The Morgan fingerprint density at radius 3 is 2.68 bits per heavy atom. The molecule has 0 radical (unpaired) electrons. The zero-order valence-corrected chi connectivity index (χ0v) is 21.9. The van der Waals surface area contributed by atoms with Gasteiger partial charge in [-0.05, 0) is 71.7 Å². The van der Waals surface area contributed by atoms with Gasteiger partial charge in [0, 0.05) is 24.2 Å². The Kier molecular flexibility index (Phi) is 6.89. The molecule has 9 nitrogen and oxygen atoms in total. The van der Waals surface area contributed by atoms with E-state index >= 15 is 0 Å². The van der Waals surface area contributed by atoms with Crippen LogP contribution in [-0.4, -0.2) is 49.4 Å². The fourth-order valence-electron chi connectivity index (χ4n) is 5.47. The standard InChI is InChI=1S/C27H26FN3O6S/c1-30(26-29-14-23(38-26)31(33)34)19-8-9-22(35-2)21(12-19)17-13-27(37-15-17)11-10-20(25(32)36-3)24(27)16-4-6-18(28)7-5-16/h4-9,12-14,20,24H,10-11,15H2,1-3H3/t20-,24+,27+/m0/s1. The van der Waals surface area contributed by atoms with Crippen molar-refractivity contribution in [2.75, 3.05) is 32.8 Å². The number of halogens is 1. The number of thiazole rings is 1. The van der Waals surface area contributed by atoms with E-state index in [0.717, 1.165) is 33.7 Å². The van der Waals surface area contributed by atoms with Gasteiger partial charge in [0.2, 0.25) is 0 Å². The number of anilines is 2. The fraction of sp³-hybridized carbons (Fsp3) is 0.333. The van der Waals surface area contributed by atoms with E-state index in [4.69, 9.17) is 14.2 Å². The molecule has 2 aliphatic rings. The summed E-state index contributed by atoms with van der Waals surface area (Å²) in [5.41, 5.74) is 2.50. The summed E-state index contributed by atoms with van der Waals surface area (Å²) in [6.45, 7) is 0.290. The van der Waals surface area contributed by atoms with Crippen LogP contribution in [0.2, 0.25) is 0 Å². The molecule has 0 unspecified atom stereocenters. The van der Waals surface area contributed by atoms with E-state index in [2.05, 4.69) is 11.1 Å². The Bertz CT molecular complexity index is 1410. The second-order valence-corrected chi connectivity index (χ2v) is 10.3. The molecule has 198 valence electrons. The molecule has 1 saturated carbocycles. The first-order valence-electron chi connectivity index (χ1n) is 12.0. The first kappa shape index (κ1) is 25.8. The third kappa shape index (κ3) is 4.52. The first-order valence-corrected chi connectivity index (χ1v) is 12.8. The van der Waals surface area contributed by atoms with Crippen molar-refractivity contribution >= 4 is 38.7 Å². The molecule has 1 aliphatic carbocycles. The Morgan fingerprint density at radius 1 is 1.26 bits per heavy atom. The molecule has 1 aromatic heterocycles. The van der Waals surface area contributed by atoms with Crippen LogP contribution in [0.5, 0.6) is 5.75 Å². The highest BCUT2D eigenvalue weighted by molar-refractivity contribution is 7.18. The molecule has 1 spiro atoms. The molecule has 0 saturated heterocycles. The molecule has 11 heteroatoms. The number of rotatable bonds is 7. The number of ether oxygens (including phenoxy) is 3. The average molecular weight is 540 g/mol. The smallest absolute Gasteiger partial charge is 0.345 e. The highest BCUT2D eigenvalue weighted by Crippen LogP contribution is 2.54. The number of nitro groups is 1. The number of benzene rings is 2. The highest BCUT2D eigenvalue weighted by Gasteiger charge is 2.54. The van der Waals surface area contributed by atoms with Crippen LogP contribution in [0.3, 0.4) is 0 Å². The summed E-state index contributed by atoms with van der Waals surface area (Å²) in [4.78, 5) is 29.3. The Hall–Kier alpha value is -3.83. The van der Waals surface area contributed by atoms with Gasteiger partial charge in [0.15, 0.2) is 5.13 Å². The van der Waals surface area contributed by atoms with Crippen molar-refractivity contribution in [3.8, 4) is 5.75 Å². The summed E-state index contributed by atoms with van der Waals surface area (Å²) >= 11 is 0.986. The van der Waals surface area contributed by atoms with Crippen LogP contribution >= 0.6 is 11.3 Å². The van der Waals surface area contributed by atoms with Crippen LogP contribution in [0.15, 0.2) is 54.7 Å². The average Bonchev–Trinajstić information content (AvgIpc) is 3.67. The van der Waals surface area contributed by atoms with E-state index < -0.39 is 16.4 Å². The normalized spacial score (nSPS) is 22.4. The van der Waals surface area contributed by atoms with Crippen LogP contribution in [-0.2, 0) is 14.3 Å². The van der Waals surface area contributed by atoms with Crippen molar-refractivity contribution in [2.45, 2.75) is 24.4 Å². The van der Waals surface area contributed by atoms with E-state index in [9.17, 15) is 19.3 Å². The lowest BCUT2D eigenvalue weighted by atomic mass is 9.79. The van der Waals surface area contributed by atoms with Crippen LogP contribution in [0, 0.1) is 21.8 Å². The third-order valence-corrected chi connectivity index (χ3v) is 8.31. The number of esters is 1. The van der Waals surface area contributed by atoms with Gasteiger partial charge in [-0.1, -0.05) is 12.1 Å². The molecule has 0 N–H and O–H groups in total. The summed E-state index contributed by atoms with van der Waals surface area (Å²) < 4.78 is 30.9. The van der Waals surface area contributed by atoms with E-state index in [1.807, 2.05) is 18.2 Å². The number of carbonyl (C=O) groups excluding carboxylic acids is 1. The summed E-state index contributed by atoms with van der Waals surface area (Å²) in [5, 5.41) is 11.6. The van der Waals surface area contributed by atoms with Gasteiger partial charge in [0.05, 0.1) is 37.3 Å². The quantitative estimate of drug-likeness (QED) is 0.221. The highest BCUT2D eigenvalue weighted by atomic mass is 32.1. The van der Waals surface area contributed by atoms with E-state index in [-0.39, 0.29) is 29.3 Å². The van der Waals surface area contributed by atoms with Gasteiger partial charge < -0.3 is 19.1 Å². The van der Waals surface area contributed by atoms with E-state index in [1.165, 1.54) is 25.4 Å². The van der Waals surface area contributed by atoms with Crippen molar-refractivity contribution < 1.29 is 28.3 Å². The zero-order valence-electron chi connectivity index (χ0n) is 21.0. The number of hydrogen-bond acceptors (Lipinski definition) is 9. The second-order valence-electron chi connectivity index (χ2n) is 9.29. The molecule has 0 amide bonds. The van der Waals surface area contributed by atoms with Gasteiger partial charge in [-0.2, -0.15) is 0 Å². The minimum atomic E-state index is -0.769. The number of methoxy groups -OCH3 is 2. The van der Waals surface area contributed by atoms with Gasteiger partial charge in [0.1, 0.15) is 17.8 Å². The van der Waals surface area contributed by atoms with Crippen molar-refractivity contribution in [1.29, 1.82) is 0 Å². The SMILES string of the molecule is COC(=O)[C@H]1CC[C@@]2(C=C(c3cc(N(C)c4ncc([N+](=O)[O-])s4)ccc3OC)CO2)[C@@H]1c1ccc(F)cc1. The van der Waals surface area contributed by atoms with Crippen LogP contribution in [0.25, 0.3) is 5.57 Å². The fourth-order valence-corrected chi connectivity index (χ4v) is 6.18. The number of nitrogens with zero attached hydrogens (tertiary/aromatic N) is 3. The molecule has 1 fully saturated rings. The second kappa shape index (κ2) is 10.1. The summed E-state index contributed by atoms with van der Waals surface area (Å²) in [5.74, 6) is -0.808. The van der Waals surface area contributed by atoms with Gasteiger partial charge in [-0.3, -0.25) is 14.9 Å². The molecule has 3 aromatic rings. The molecule has 5 rings (SSSR count). The van der Waals surface area contributed by atoms with E-state index in [0.29, 0.717) is 23.7 Å². The molecule has 3 atom stereocenters. The summed E-state index contributed by atoms with van der Waals surface area (Å²) in [6.07, 6.45) is 4.47. The number of carbonyl (C=O) groups is 1. The molecular formula is C27H26FN3O6S. The first-order chi connectivity index (χ1) is 18.3. The third-order valence-electron chi connectivity index (χ3n) is 7.29. The summed E-state index contributed by atoms with van der Waals surface area (Å²) in [7, 11) is 4.75. The van der Waals surface area contributed by atoms with Gasteiger partial charge >= 0.3 is 11.0 Å². The molecule has 2 heterocycles. The predicted octanol–water partition coefficient (Wildman–Crippen LogP) is 5.49. The van der Waals surface area contributed by atoms with Crippen molar-refractivity contribution in [2.24, 2.45) is 5.92 Å². The monoisotopic (exact) mass is 539 g/mol. The maximum absolute atomic E-state index is 13.7. The largest absolute Gasteiger partial charge is 0.496 e. The lowest BCUT2D eigenvalue weighted by Gasteiger charge is -2.31. The van der Waals surface area contributed by atoms with Crippen LogP contribution in [0.1, 0.15) is 29.9 Å². The van der Waals surface area contributed by atoms with Crippen molar-refractivity contribution in [3.63, 3.8) is 0 Å². The molecular weight excluding hydrogens is 513 g/mol. The van der Waals surface area contributed by atoms with Crippen molar-refractivity contribution in [3.05, 3.63) is 81.8 Å². The minimum Gasteiger partial charge on any atom is -0.496 e. The van der Waals surface area contributed by atoms with Gasteiger partial charge in [-0.25, -0.2) is 9.37 Å². The Labute approximate surface area is 222 Å². The minimum absolute atomic E-state index is 0.0392. The lowest BCUT2D eigenvalue weighted by Crippen LogP contribution is -2.34. The lowest BCUT2D eigenvalue weighted by molar-refractivity contribution is -0.380. The number of hydrogen-bond donors (Lipinski definition) is 0. The maximum Gasteiger partial charge on any atom is 0.345 e. The molecule has 2 aromatic carbocycles. The maximum atomic E-state index is 13.7. The van der Waals surface area contributed by atoms with Crippen LogP contribution < -0.4 is 9.64 Å². The topological polar surface area (TPSA) is 104 Å². The van der Waals surface area contributed by atoms with Gasteiger partial charge in [0.25, 0.3) is 0 Å². The molecule has 0 bridgehead atoms. The Balaban J connectivity index is 1.53. The summed E-state index contributed by atoms with van der Waals surface area (Å²) in [6, 6.07) is 11.8. The van der Waals surface area contributed by atoms with Gasteiger partial charge in [-0.15, -0.1) is 0 Å². The van der Waals surface area contributed by atoms with Crippen molar-refractivity contribution in [1.82, 2.24) is 4.98 Å². The predicted molar refractivity (Wildman–Crippen MR) is 140 cm³/mol. The van der Waals surface area contributed by atoms with E-state index in [1.54, 1.807) is 31.2 Å².